The van der Waals surface area contributed by atoms with E-state index in [0.29, 0.717) is 23.2 Å². The van der Waals surface area contributed by atoms with Gasteiger partial charge < -0.3 is 4.90 Å². The van der Waals surface area contributed by atoms with E-state index in [-0.39, 0.29) is 32.8 Å². The average Bonchev–Trinajstić information content (AvgIpc) is 3.34. The number of para-hydroxylation sites is 1. The molecule has 0 radical (unpaired) electrons. The van der Waals surface area contributed by atoms with E-state index in [9.17, 15) is 22.4 Å². The summed E-state index contributed by atoms with van der Waals surface area (Å²) in [5, 5.41) is 0. The molecule has 32 heavy (non-hydrogen) atoms. The molecular formula is C22H17FN2O4S3. The molecule has 1 unspecified atom stereocenters. The first-order valence-corrected chi connectivity index (χ1v) is 13.0. The van der Waals surface area contributed by atoms with Gasteiger partial charge >= 0.3 is 0 Å². The van der Waals surface area contributed by atoms with Gasteiger partial charge in [0.2, 0.25) is 0 Å². The summed E-state index contributed by atoms with van der Waals surface area (Å²) in [5.41, 5.74) is 1.75. The second kappa shape index (κ2) is 7.79. The Hall–Kier alpha value is -2.56. The van der Waals surface area contributed by atoms with Gasteiger partial charge in [0, 0.05) is 11.1 Å². The molecule has 3 aliphatic heterocycles. The summed E-state index contributed by atoms with van der Waals surface area (Å²) in [5.74, 6) is -1.40. The third-order valence-corrected chi connectivity index (χ3v) is 8.96. The summed E-state index contributed by atoms with van der Waals surface area (Å²) in [6.45, 7) is 0.0210. The maximum Gasteiger partial charge on any atom is 0.267 e. The number of carbonyl (C=O) groups excluding carboxylic acids is 2. The maximum absolute atomic E-state index is 14.3. The summed E-state index contributed by atoms with van der Waals surface area (Å²) in [7, 11) is -3.21. The normalized spacial score (nSPS) is 24.5. The van der Waals surface area contributed by atoms with Gasteiger partial charge in [-0.05, 0) is 18.6 Å². The molecule has 5 rings (SSSR count). The van der Waals surface area contributed by atoms with E-state index in [1.165, 1.54) is 15.9 Å². The molecule has 0 aliphatic carbocycles. The number of carbonyl (C=O) groups is 2. The highest BCUT2D eigenvalue weighted by molar-refractivity contribution is 8.26. The Morgan fingerprint density at radius 1 is 1.06 bits per heavy atom. The number of thiocarbonyl (C=S) groups is 1. The Bertz CT molecular complexity index is 1320. The molecule has 2 aromatic carbocycles. The van der Waals surface area contributed by atoms with Gasteiger partial charge in [0.15, 0.2) is 9.84 Å². The van der Waals surface area contributed by atoms with Crippen LogP contribution in [0.4, 0.5) is 10.1 Å². The molecular weight excluding hydrogens is 471 g/mol. The van der Waals surface area contributed by atoms with Crippen molar-refractivity contribution in [2.75, 3.05) is 16.4 Å². The van der Waals surface area contributed by atoms with E-state index >= 15 is 0 Å². The SMILES string of the molecule is O=C1/C(=C2\SC(=S)N(C3CCS(=O)(=O)C3)C2=O)c2ccccc2N1Cc1ccccc1F. The van der Waals surface area contributed by atoms with E-state index in [2.05, 4.69) is 0 Å². The van der Waals surface area contributed by atoms with Gasteiger partial charge in [-0.25, -0.2) is 12.8 Å². The number of thioether (sulfide) groups is 1. The fourth-order valence-electron chi connectivity index (χ4n) is 4.28. The van der Waals surface area contributed by atoms with Gasteiger partial charge in [-0.15, -0.1) is 0 Å². The number of nitrogens with zero attached hydrogens (tertiary/aromatic N) is 2. The third kappa shape index (κ3) is 3.46. The summed E-state index contributed by atoms with van der Waals surface area (Å²) in [6.07, 6.45) is 0.321. The molecule has 1 atom stereocenters. The van der Waals surface area contributed by atoms with Gasteiger partial charge in [0.05, 0.1) is 40.3 Å². The quantitative estimate of drug-likeness (QED) is 0.488. The van der Waals surface area contributed by atoms with Crippen molar-refractivity contribution in [3.8, 4) is 0 Å². The second-order valence-electron chi connectivity index (χ2n) is 7.80. The predicted molar refractivity (Wildman–Crippen MR) is 125 cm³/mol. The minimum atomic E-state index is -3.21. The van der Waals surface area contributed by atoms with Crippen LogP contribution in [0.3, 0.4) is 0 Å². The fraction of sp³-hybridized carbons (Fsp3) is 0.227. The highest BCUT2D eigenvalue weighted by Crippen LogP contribution is 2.46. The fourth-order valence-corrected chi connectivity index (χ4v) is 7.45. The van der Waals surface area contributed by atoms with Crippen LogP contribution in [0, 0.1) is 5.82 Å². The first-order valence-electron chi connectivity index (χ1n) is 9.91. The monoisotopic (exact) mass is 488 g/mol. The molecule has 0 N–H and O–H groups in total. The van der Waals surface area contributed by atoms with E-state index in [0.717, 1.165) is 11.8 Å². The van der Waals surface area contributed by atoms with E-state index in [1.807, 2.05) is 0 Å². The van der Waals surface area contributed by atoms with Crippen LogP contribution >= 0.6 is 24.0 Å². The lowest BCUT2D eigenvalue weighted by atomic mass is 10.1. The second-order valence-corrected chi connectivity index (χ2v) is 11.7. The van der Waals surface area contributed by atoms with Crippen molar-refractivity contribution >= 4 is 61.2 Å². The maximum atomic E-state index is 14.3. The smallest absolute Gasteiger partial charge is 0.267 e. The first-order chi connectivity index (χ1) is 15.3. The number of benzene rings is 2. The number of halogens is 1. The zero-order valence-corrected chi connectivity index (χ0v) is 19.1. The van der Waals surface area contributed by atoms with Crippen LogP contribution in [0.2, 0.25) is 0 Å². The molecule has 3 aliphatic rings. The zero-order chi connectivity index (χ0) is 22.6. The van der Waals surface area contributed by atoms with Crippen LogP contribution in [-0.2, 0) is 26.0 Å². The minimum absolute atomic E-state index is 0.0127. The van der Waals surface area contributed by atoms with E-state index < -0.39 is 33.5 Å². The van der Waals surface area contributed by atoms with Crippen molar-refractivity contribution < 1.29 is 22.4 Å². The van der Waals surface area contributed by atoms with Crippen molar-refractivity contribution in [3.63, 3.8) is 0 Å². The van der Waals surface area contributed by atoms with Crippen molar-refractivity contribution in [2.24, 2.45) is 0 Å². The summed E-state index contributed by atoms with van der Waals surface area (Å²) >= 11 is 6.41. The molecule has 2 fully saturated rings. The first kappa shape index (κ1) is 21.3. The van der Waals surface area contributed by atoms with Crippen LogP contribution in [0.5, 0.6) is 0 Å². The van der Waals surface area contributed by atoms with Crippen LogP contribution < -0.4 is 4.90 Å². The van der Waals surface area contributed by atoms with Gasteiger partial charge in [0.1, 0.15) is 10.1 Å². The van der Waals surface area contributed by atoms with Crippen LogP contribution in [0.1, 0.15) is 17.5 Å². The van der Waals surface area contributed by atoms with Gasteiger partial charge in [-0.1, -0.05) is 60.4 Å². The minimum Gasteiger partial charge on any atom is -0.303 e. The number of hydrogen-bond donors (Lipinski definition) is 0. The van der Waals surface area contributed by atoms with Crippen molar-refractivity contribution in [2.45, 2.75) is 19.0 Å². The highest BCUT2D eigenvalue weighted by Gasteiger charge is 2.46. The number of fused-ring (bicyclic) bond motifs is 1. The molecule has 164 valence electrons. The Kier molecular flexibility index (Phi) is 5.18. The number of anilines is 1. The van der Waals surface area contributed by atoms with Crippen LogP contribution in [0.15, 0.2) is 53.4 Å². The lowest BCUT2D eigenvalue weighted by Crippen LogP contribution is -2.39. The molecule has 2 aromatic rings. The molecule has 0 saturated carbocycles. The zero-order valence-electron chi connectivity index (χ0n) is 16.7. The largest absolute Gasteiger partial charge is 0.303 e. The topological polar surface area (TPSA) is 74.8 Å². The summed E-state index contributed by atoms with van der Waals surface area (Å²) in [4.78, 5) is 29.8. The molecule has 0 aromatic heterocycles. The molecule has 0 spiro atoms. The Balaban J connectivity index is 1.55. The lowest BCUT2D eigenvalue weighted by molar-refractivity contribution is -0.123. The van der Waals surface area contributed by atoms with Crippen molar-refractivity contribution in [1.82, 2.24) is 4.90 Å². The summed E-state index contributed by atoms with van der Waals surface area (Å²) in [6, 6.07) is 12.8. The van der Waals surface area contributed by atoms with Gasteiger partial charge in [-0.3, -0.25) is 14.5 Å². The number of rotatable bonds is 3. The average molecular weight is 489 g/mol. The number of amides is 2. The number of sulfone groups is 1. The lowest BCUT2D eigenvalue weighted by Gasteiger charge is -2.21. The molecule has 0 bridgehead atoms. The van der Waals surface area contributed by atoms with Crippen molar-refractivity contribution in [3.05, 3.63) is 70.4 Å². The van der Waals surface area contributed by atoms with Crippen LogP contribution in [0.25, 0.3) is 5.57 Å². The molecule has 6 nitrogen and oxygen atoms in total. The molecule has 3 heterocycles. The van der Waals surface area contributed by atoms with Crippen LogP contribution in [-0.4, -0.2) is 47.0 Å². The third-order valence-electron chi connectivity index (χ3n) is 5.81. The molecule has 2 saturated heterocycles. The van der Waals surface area contributed by atoms with Gasteiger partial charge in [-0.2, -0.15) is 0 Å². The van der Waals surface area contributed by atoms with E-state index in [1.54, 1.807) is 42.5 Å². The van der Waals surface area contributed by atoms with E-state index in [4.69, 9.17) is 12.2 Å². The summed E-state index contributed by atoms with van der Waals surface area (Å²) < 4.78 is 38.3. The Labute approximate surface area is 194 Å². The molecule has 10 heteroatoms. The Morgan fingerprint density at radius 2 is 1.78 bits per heavy atom. The number of hydrogen-bond acceptors (Lipinski definition) is 6. The predicted octanol–water partition coefficient (Wildman–Crippen LogP) is 3.13. The molecule has 2 amide bonds. The van der Waals surface area contributed by atoms with Gasteiger partial charge in [0.25, 0.3) is 11.8 Å². The van der Waals surface area contributed by atoms with Crippen molar-refractivity contribution in [1.29, 1.82) is 0 Å². The highest BCUT2D eigenvalue weighted by atomic mass is 32.2. The standard InChI is InChI=1S/C22H17FN2O4S3/c23-16-7-3-1-5-13(16)11-24-17-8-4-2-6-15(17)18(20(24)26)19-21(27)25(22(30)31-19)14-9-10-32(28,29)12-14/h1-8,14H,9-12H2/b19-18-. The Morgan fingerprint density at radius 3 is 2.50 bits per heavy atom.